The fourth-order valence-corrected chi connectivity index (χ4v) is 4.40. The number of benzene rings is 3. The number of hydrogen-bond donors (Lipinski definition) is 1. The Labute approximate surface area is 188 Å². The van der Waals surface area contributed by atoms with Crippen LogP contribution >= 0.6 is 11.6 Å². The molecule has 0 fully saturated rings. The Hall–Kier alpha value is -2.46. The van der Waals surface area contributed by atoms with Crippen molar-refractivity contribution in [2.75, 3.05) is 19.7 Å². The molecule has 0 saturated carbocycles. The van der Waals surface area contributed by atoms with E-state index in [2.05, 4.69) is 47.4 Å². The average molecular weight is 436 g/mol. The maximum absolute atomic E-state index is 13.2. The molecule has 1 aliphatic rings. The summed E-state index contributed by atoms with van der Waals surface area (Å²) in [5, 5.41) is 10.4. The summed E-state index contributed by atoms with van der Waals surface area (Å²) in [5.74, 6) is -0.204. The third kappa shape index (κ3) is 5.62. The summed E-state index contributed by atoms with van der Waals surface area (Å²) in [5.41, 5.74) is 6.07. The molecule has 160 valence electrons. The van der Waals surface area contributed by atoms with Gasteiger partial charge in [-0.15, -0.1) is 0 Å². The molecule has 2 nitrogen and oxygen atoms in total. The van der Waals surface area contributed by atoms with Gasteiger partial charge >= 0.3 is 0 Å². The number of aliphatic hydroxyl groups is 1. The molecular weight excluding hydrogens is 409 g/mol. The van der Waals surface area contributed by atoms with E-state index in [-0.39, 0.29) is 18.5 Å². The number of nitrogens with zero attached hydrogens (tertiary/aromatic N) is 1. The zero-order chi connectivity index (χ0) is 21.6. The van der Waals surface area contributed by atoms with E-state index < -0.39 is 0 Å². The van der Waals surface area contributed by atoms with Crippen LogP contribution in [0.4, 0.5) is 4.39 Å². The molecule has 1 atom stereocenters. The second-order valence-electron chi connectivity index (χ2n) is 8.05. The lowest BCUT2D eigenvalue weighted by atomic mass is 9.95. The van der Waals surface area contributed by atoms with Crippen molar-refractivity contribution in [1.29, 1.82) is 0 Å². The molecule has 4 rings (SSSR count). The second kappa shape index (κ2) is 10.2. The van der Waals surface area contributed by atoms with Crippen LogP contribution in [-0.2, 0) is 6.42 Å². The highest BCUT2D eigenvalue weighted by Crippen LogP contribution is 2.30. The summed E-state index contributed by atoms with van der Waals surface area (Å²) in [4.78, 5) is 2.41. The van der Waals surface area contributed by atoms with E-state index in [1.165, 1.54) is 34.4 Å². The summed E-state index contributed by atoms with van der Waals surface area (Å²) in [7, 11) is 0. The zero-order valence-electron chi connectivity index (χ0n) is 17.5. The van der Waals surface area contributed by atoms with E-state index in [0.29, 0.717) is 6.42 Å². The quantitative estimate of drug-likeness (QED) is 0.472. The first-order chi connectivity index (χ1) is 15.1. The minimum absolute atomic E-state index is 0.155. The van der Waals surface area contributed by atoms with E-state index in [4.69, 9.17) is 11.6 Å². The number of aliphatic hydroxyl groups excluding tert-OH is 1. The SMILES string of the molecule is OCCC(c1ccc(Cc2ccc(Cl)cc2)cc1)N1CC=C(c2ccc(F)cc2)CC1. The maximum atomic E-state index is 13.2. The lowest BCUT2D eigenvalue weighted by molar-refractivity contribution is 0.169. The normalized spacial score (nSPS) is 15.5. The maximum Gasteiger partial charge on any atom is 0.123 e. The van der Waals surface area contributed by atoms with Crippen LogP contribution in [-0.4, -0.2) is 29.7 Å². The van der Waals surface area contributed by atoms with Crippen molar-refractivity contribution >= 4 is 17.2 Å². The van der Waals surface area contributed by atoms with Crippen LogP contribution in [0.3, 0.4) is 0 Å². The third-order valence-corrected chi connectivity index (χ3v) is 6.24. The van der Waals surface area contributed by atoms with Gasteiger partial charge in [0.2, 0.25) is 0 Å². The predicted molar refractivity (Wildman–Crippen MR) is 126 cm³/mol. The molecule has 31 heavy (non-hydrogen) atoms. The number of rotatable bonds is 7. The third-order valence-electron chi connectivity index (χ3n) is 5.98. The first kappa shape index (κ1) is 21.8. The molecule has 1 heterocycles. The smallest absolute Gasteiger partial charge is 0.123 e. The Balaban J connectivity index is 1.44. The largest absolute Gasteiger partial charge is 0.396 e. The minimum Gasteiger partial charge on any atom is -0.396 e. The molecule has 0 aromatic heterocycles. The van der Waals surface area contributed by atoms with Gasteiger partial charge < -0.3 is 5.11 Å². The van der Waals surface area contributed by atoms with Gasteiger partial charge in [0, 0.05) is 30.8 Å². The Kier molecular flexibility index (Phi) is 7.18. The fraction of sp³-hybridized carbons (Fsp3) is 0.259. The molecule has 0 radical (unpaired) electrons. The van der Waals surface area contributed by atoms with Gasteiger partial charge in [0.25, 0.3) is 0 Å². The summed E-state index contributed by atoms with van der Waals surface area (Å²) < 4.78 is 13.2. The molecule has 3 aromatic rings. The predicted octanol–water partition coefficient (Wildman–Crippen LogP) is 6.28. The van der Waals surface area contributed by atoms with Crippen LogP contribution in [0.2, 0.25) is 5.02 Å². The summed E-state index contributed by atoms with van der Waals surface area (Å²) >= 11 is 5.98. The molecule has 0 aliphatic carbocycles. The van der Waals surface area contributed by atoms with Crippen molar-refractivity contribution in [3.8, 4) is 0 Å². The number of halogens is 2. The topological polar surface area (TPSA) is 23.5 Å². The van der Waals surface area contributed by atoms with Crippen LogP contribution in [0.1, 0.15) is 41.1 Å². The number of hydrogen-bond acceptors (Lipinski definition) is 2. The van der Waals surface area contributed by atoms with E-state index in [0.717, 1.165) is 36.5 Å². The van der Waals surface area contributed by atoms with Gasteiger partial charge in [0.1, 0.15) is 5.82 Å². The average Bonchev–Trinajstić information content (AvgIpc) is 2.80. The van der Waals surface area contributed by atoms with Gasteiger partial charge in [-0.2, -0.15) is 0 Å². The highest BCUT2D eigenvalue weighted by molar-refractivity contribution is 6.30. The van der Waals surface area contributed by atoms with E-state index in [9.17, 15) is 9.50 Å². The van der Waals surface area contributed by atoms with Crippen LogP contribution in [0.15, 0.2) is 78.9 Å². The standard InChI is InChI=1S/C27H27ClFNO/c28-25-9-3-21(4-10-25)19-20-1-5-24(6-2-20)27(15-18-31)30-16-13-23(14-17-30)22-7-11-26(29)12-8-22/h1-13,27,31H,14-19H2. The molecule has 3 aromatic carbocycles. The Bertz CT molecular complexity index is 1010. The first-order valence-corrected chi connectivity index (χ1v) is 11.1. The van der Waals surface area contributed by atoms with E-state index in [1.807, 2.05) is 24.3 Å². The lowest BCUT2D eigenvalue weighted by Gasteiger charge is -2.34. The molecule has 0 amide bonds. The van der Waals surface area contributed by atoms with Crippen molar-refractivity contribution in [3.05, 3.63) is 112 Å². The van der Waals surface area contributed by atoms with Crippen LogP contribution < -0.4 is 0 Å². The lowest BCUT2D eigenvalue weighted by Crippen LogP contribution is -2.33. The van der Waals surface area contributed by atoms with E-state index in [1.54, 1.807) is 0 Å². The second-order valence-corrected chi connectivity index (χ2v) is 8.49. The Morgan fingerprint density at radius 3 is 2.13 bits per heavy atom. The summed E-state index contributed by atoms with van der Waals surface area (Å²) in [6.07, 6.45) is 4.73. The van der Waals surface area contributed by atoms with Gasteiger partial charge in [-0.3, -0.25) is 4.90 Å². The van der Waals surface area contributed by atoms with Gasteiger partial charge in [-0.25, -0.2) is 4.39 Å². The first-order valence-electron chi connectivity index (χ1n) is 10.8. The van der Waals surface area contributed by atoms with Crippen molar-refractivity contribution in [2.45, 2.75) is 25.3 Å². The van der Waals surface area contributed by atoms with Crippen molar-refractivity contribution < 1.29 is 9.50 Å². The van der Waals surface area contributed by atoms with Gasteiger partial charge in [0.05, 0.1) is 0 Å². The Morgan fingerprint density at radius 1 is 0.903 bits per heavy atom. The fourth-order valence-electron chi connectivity index (χ4n) is 4.27. The molecule has 1 N–H and O–H groups in total. The highest BCUT2D eigenvalue weighted by Gasteiger charge is 2.22. The Morgan fingerprint density at radius 2 is 1.55 bits per heavy atom. The van der Waals surface area contributed by atoms with Crippen molar-refractivity contribution in [2.24, 2.45) is 0 Å². The molecule has 0 bridgehead atoms. The highest BCUT2D eigenvalue weighted by atomic mass is 35.5. The van der Waals surface area contributed by atoms with Crippen molar-refractivity contribution in [1.82, 2.24) is 4.90 Å². The zero-order valence-corrected chi connectivity index (χ0v) is 18.2. The minimum atomic E-state index is -0.204. The van der Waals surface area contributed by atoms with Gasteiger partial charge in [-0.1, -0.05) is 66.2 Å². The monoisotopic (exact) mass is 435 g/mol. The molecule has 0 spiro atoms. The van der Waals surface area contributed by atoms with Crippen LogP contribution in [0.25, 0.3) is 5.57 Å². The molecular formula is C27H27ClFNO. The molecule has 1 unspecified atom stereocenters. The van der Waals surface area contributed by atoms with Crippen LogP contribution in [0, 0.1) is 5.82 Å². The summed E-state index contributed by atoms with van der Waals surface area (Å²) in [6.45, 7) is 1.90. The summed E-state index contributed by atoms with van der Waals surface area (Å²) in [6, 6.07) is 23.6. The van der Waals surface area contributed by atoms with Gasteiger partial charge in [-0.05, 0) is 71.4 Å². The molecule has 1 aliphatic heterocycles. The molecule has 0 saturated heterocycles. The van der Waals surface area contributed by atoms with Crippen LogP contribution in [0.5, 0.6) is 0 Å². The van der Waals surface area contributed by atoms with Gasteiger partial charge in [0.15, 0.2) is 0 Å². The van der Waals surface area contributed by atoms with Crippen molar-refractivity contribution in [3.63, 3.8) is 0 Å². The van der Waals surface area contributed by atoms with E-state index >= 15 is 0 Å². The molecule has 4 heteroatoms.